The number of nitrogens with zero attached hydrogens (tertiary/aromatic N) is 1. The molecule has 0 rings (SSSR count). The van der Waals surface area contributed by atoms with Crippen molar-refractivity contribution >= 4 is 19.8 Å². The Hall–Kier alpha value is -2.03. The number of hydrogen-bond acceptors (Lipinski definition) is 7. The topological polar surface area (TPSA) is 108 Å². The lowest BCUT2D eigenvalue weighted by molar-refractivity contribution is -0.870. The zero-order chi connectivity index (χ0) is 60.5. The van der Waals surface area contributed by atoms with Gasteiger partial charge in [-0.2, -0.15) is 0 Å². The molecule has 2 atom stereocenters. The molecule has 0 aromatic heterocycles. The van der Waals surface area contributed by atoms with Gasteiger partial charge in [0, 0.05) is 12.8 Å². The van der Waals surface area contributed by atoms with Crippen LogP contribution < -0.4 is 0 Å². The number of ether oxygens (including phenoxy) is 2. The number of allylic oxidation sites excluding steroid dienone is 8. The third kappa shape index (κ3) is 68.9. The minimum absolute atomic E-state index is 0.0324. The summed E-state index contributed by atoms with van der Waals surface area (Å²) in [5.41, 5.74) is 0. The molecule has 0 aliphatic rings. The number of carbonyl (C=O) groups is 2. The summed E-state index contributed by atoms with van der Waals surface area (Å²) in [5, 5.41) is 0. The second kappa shape index (κ2) is 64.4. The fourth-order valence-electron chi connectivity index (χ4n) is 10.7. The number of phosphoric ester groups is 1. The number of hydrogen-bond donors (Lipinski definition) is 1. The van der Waals surface area contributed by atoms with Gasteiger partial charge in [0.1, 0.15) is 19.8 Å². The van der Waals surface area contributed by atoms with Gasteiger partial charge in [-0.05, 0) is 51.4 Å². The van der Waals surface area contributed by atoms with Crippen LogP contribution in [0.25, 0.3) is 0 Å². The van der Waals surface area contributed by atoms with Crippen LogP contribution in [0.2, 0.25) is 0 Å². The Morgan fingerprint density at radius 2 is 0.687 bits per heavy atom. The molecule has 0 aromatic rings. The van der Waals surface area contributed by atoms with Crippen LogP contribution in [-0.2, 0) is 32.7 Å². The highest BCUT2D eigenvalue weighted by atomic mass is 31.2. The number of likely N-dealkylation sites (N-methyl/N-ethyl adjacent to an activating group) is 1. The second-order valence-electron chi connectivity index (χ2n) is 25.6. The largest absolute Gasteiger partial charge is 0.472 e. The molecule has 0 fully saturated rings. The van der Waals surface area contributed by atoms with Crippen LogP contribution in [0.15, 0.2) is 48.6 Å². The lowest BCUT2D eigenvalue weighted by Crippen LogP contribution is -2.37. The summed E-state index contributed by atoms with van der Waals surface area (Å²) in [6, 6.07) is 0. The zero-order valence-corrected chi connectivity index (χ0v) is 56.6. The molecule has 0 amide bonds. The Morgan fingerprint density at radius 3 is 1.02 bits per heavy atom. The van der Waals surface area contributed by atoms with E-state index in [1.165, 1.54) is 257 Å². The average Bonchev–Trinajstić information content (AvgIpc) is 3.48. The molecule has 0 aliphatic heterocycles. The monoisotopic (exact) mass is 1190 g/mol. The van der Waals surface area contributed by atoms with Crippen molar-refractivity contribution < 1.29 is 42.1 Å². The number of carbonyl (C=O) groups excluding carboxylic acids is 2. The fourth-order valence-corrected chi connectivity index (χ4v) is 11.4. The normalized spacial score (nSPS) is 13.4. The maximum atomic E-state index is 12.9. The molecule has 10 heteroatoms. The predicted octanol–water partition coefficient (Wildman–Crippen LogP) is 23.2. The third-order valence-corrected chi connectivity index (χ3v) is 17.1. The van der Waals surface area contributed by atoms with Gasteiger partial charge >= 0.3 is 19.8 Å². The second-order valence-corrected chi connectivity index (χ2v) is 27.1. The quantitative estimate of drug-likeness (QED) is 0.0211. The van der Waals surface area contributed by atoms with Crippen LogP contribution in [0.5, 0.6) is 0 Å². The van der Waals surface area contributed by atoms with Crippen LogP contribution in [-0.4, -0.2) is 74.9 Å². The van der Waals surface area contributed by atoms with E-state index < -0.39 is 26.5 Å². The van der Waals surface area contributed by atoms with E-state index in [0.29, 0.717) is 23.9 Å². The molecule has 0 radical (unpaired) electrons. The summed E-state index contributed by atoms with van der Waals surface area (Å²) in [4.78, 5) is 35.9. The molecule has 0 bridgehead atoms. The average molecular weight is 1190 g/mol. The van der Waals surface area contributed by atoms with Crippen LogP contribution >= 0.6 is 7.82 Å². The Kier molecular flexibility index (Phi) is 62.9. The zero-order valence-electron chi connectivity index (χ0n) is 55.7. The van der Waals surface area contributed by atoms with Crippen molar-refractivity contribution in [1.82, 2.24) is 0 Å². The first-order valence-electron chi connectivity index (χ1n) is 35.9. The highest BCUT2D eigenvalue weighted by molar-refractivity contribution is 7.47. The number of rotatable bonds is 67. The minimum atomic E-state index is -4.39. The maximum absolute atomic E-state index is 12.9. The van der Waals surface area contributed by atoms with Crippen molar-refractivity contribution in [2.45, 2.75) is 360 Å². The summed E-state index contributed by atoms with van der Waals surface area (Å²) < 4.78 is 34.7. The number of phosphoric acid groups is 1. The molecular formula is C73H139NO8P+. The Bertz CT molecular complexity index is 1540. The summed E-state index contributed by atoms with van der Waals surface area (Å²) in [6.07, 6.45) is 83.8. The number of esters is 2. The molecule has 1 N–H and O–H groups in total. The van der Waals surface area contributed by atoms with Gasteiger partial charge < -0.3 is 18.9 Å². The van der Waals surface area contributed by atoms with E-state index in [-0.39, 0.29) is 25.6 Å². The van der Waals surface area contributed by atoms with E-state index in [9.17, 15) is 19.0 Å². The smallest absolute Gasteiger partial charge is 0.462 e. The first-order chi connectivity index (χ1) is 40.5. The SMILES string of the molecule is CC/C=C\C/C=C\C/C=C\C/C=C\CCCCCCCCCCCCCCC(=O)OC(COC(=O)CCCCCCCCCCCCCCCCCCCCCCCCCCCCCCCCCCCC)COP(=O)(O)OCC[N+](C)(C)C. The molecular weight excluding hydrogens is 1050 g/mol. The highest BCUT2D eigenvalue weighted by Crippen LogP contribution is 2.43. The lowest BCUT2D eigenvalue weighted by Gasteiger charge is -2.24. The maximum Gasteiger partial charge on any atom is 0.472 e. The van der Waals surface area contributed by atoms with E-state index in [4.69, 9.17) is 18.5 Å². The van der Waals surface area contributed by atoms with Crippen molar-refractivity contribution in [2.75, 3.05) is 47.5 Å². The van der Waals surface area contributed by atoms with E-state index >= 15 is 0 Å². The van der Waals surface area contributed by atoms with Gasteiger partial charge in [-0.3, -0.25) is 18.6 Å². The van der Waals surface area contributed by atoms with Crippen molar-refractivity contribution in [3.8, 4) is 0 Å². The summed E-state index contributed by atoms with van der Waals surface area (Å²) in [5.74, 6) is -0.782. The number of quaternary nitrogens is 1. The van der Waals surface area contributed by atoms with Crippen molar-refractivity contribution in [1.29, 1.82) is 0 Å². The molecule has 0 saturated heterocycles. The molecule has 2 unspecified atom stereocenters. The van der Waals surface area contributed by atoms with Gasteiger partial charge in [-0.15, -0.1) is 0 Å². The van der Waals surface area contributed by atoms with Crippen molar-refractivity contribution in [3.63, 3.8) is 0 Å². The Labute approximate surface area is 515 Å². The van der Waals surface area contributed by atoms with E-state index in [0.717, 1.165) is 64.2 Å². The molecule has 83 heavy (non-hydrogen) atoms. The summed E-state index contributed by atoms with van der Waals surface area (Å²) in [7, 11) is 1.49. The van der Waals surface area contributed by atoms with Crippen LogP contribution in [0.3, 0.4) is 0 Å². The Morgan fingerprint density at radius 1 is 0.386 bits per heavy atom. The van der Waals surface area contributed by atoms with Crippen LogP contribution in [0.1, 0.15) is 354 Å². The summed E-state index contributed by atoms with van der Waals surface area (Å²) >= 11 is 0. The van der Waals surface area contributed by atoms with Crippen LogP contribution in [0, 0.1) is 0 Å². The first kappa shape index (κ1) is 81.0. The van der Waals surface area contributed by atoms with Crippen LogP contribution in [0.4, 0.5) is 0 Å². The van der Waals surface area contributed by atoms with E-state index in [1.54, 1.807) is 0 Å². The molecule has 0 heterocycles. The van der Waals surface area contributed by atoms with Gasteiger partial charge in [0.15, 0.2) is 6.10 Å². The molecule has 9 nitrogen and oxygen atoms in total. The van der Waals surface area contributed by atoms with Gasteiger partial charge in [0.05, 0.1) is 27.7 Å². The third-order valence-electron chi connectivity index (χ3n) is 16.1. The van der Waals surface area contributed by atoms with Gasteiger partial charge in [-0.25, -0.2) is 4.57 Å². The van der Waals surface area contributed by atoms with E-state index in [2.05, 4.69) is 62.5 Å². The molecule has 0 spiro atoms. The van der Waals surface area contributed by atoms with E-state index in [1.807, 2.05) is 21.1 Å². The molecule has 0 saturated carbocycles. The first-order valence-corrected chi connectivity index (χ1v) is 37.4. The fraction of sp³-hybridized carbons (Fsp3) is 0.863. The van der Waals surface area contributed by atoms with Gasteiger partial charge in [0.25, 0.3) is 0 Å². The number of unbranched alkanes of at least 4 members (excludes halogenated alkanes) is 45. The predicted molar refractivity (Wildman–Crippen MR) is 358 cm³/mol. The molecule has 0 aromatic carbocycles. The van der Waals surface area contributed by atoms with Gasteiger partial charge in [0.2, 0.25) is 0 Å². The highest BCUT2D eigenvalue weighted by Gasteiger charge is 2.27. The van der Waals surface area contributed by atoms with Crippen molar-refractivity contribution in [3.05, 3.63) is 48.6 Å². The minimum Gasteiger partial charge on any atom is -0.462 e. The van der Waals surface area contributed by atoms with Gasteiger partial charge in [-0.1, -0.05) is 339 Å². The van der Waals surface area contributed by atoms with Crippen molar-refractivity contribution in [2.24, 2.45) is 0 Å². The standard InChI is InChI=1S/C73H138NO8P/c1-6-8-10-12-14-16-18-20-22-24-26-28-30-32-33-34-35-36-37-38-39-40-42-43-45-47-49-51-53-55-57-59-61-63-65-72(75)79-69-71(70-81-83(77,78)80-68-67-74(3,4)5)82-73(76)66-64-62-60-58-56-54-52-50-48-46-44-41-31-29-27-25-23-21-19-17-15-13-11-9-7-2/h9,11,15,17,21,23,27,29,71H,6-8,10,12-14,16,18-20,22,24-26,28,30-70H2,1-5H3/p+1/b11-9-,17-15-,23-21-,29-27-. The molecule has 0 aliphatic carbocycles. The summed E-state index contributed by atoms with van der Waals surface area (Å²) in [6.45, 7) is 4.38. The lowest BCUT2D eigenvalue weighted by atomic mass is 10.0. The molecule has 488 valence electrons. The Balaban J connectivity index is 3.96.